The summed E-state index contributed by atoms with van der Waals surface area (Å²) < 4.78 is 1.45. The van der Waals surface area contributed by atoms with Crippen LogP contribution in [0.1, 0.15) is 22.5 Å². The highest BCUT2D eigenvalue weighted by molar-refractivity contribution is 5.72. The molecule has 0 amide bonds. The molecule has 2 aromatic heterocycles. The molecule has 3 N–H and O–H groups in total. The zero-order chi connectivity index (χ0) is 18.8. The van der Waals surface area contributed by atoms with E-state index < -0.39 is 0 Å². The number of rotatable bonds is 4. The second-order valence-electron chi connectivity index (χ2n) is 6.07. The molecule has 2 aromatic carbocycles. The Morgan fingerprint density at radius 2 is 1.89 bits per heavy atom. The highest BCUT2D eigenvalue weighted by Gasteiger charge is 2.18. The Balaban J connectivity index is 1.86. The summed E-state index contributed by atoms with van der Waals surface area (Å²) >= 11 is 0. The molecule has 4 rings (SSSR count). The first-order chi connectivity index (χ1) is 13.2. The van der Waals surface area contributed by atoms with Crippen LogP contribution < -0.4 is 5.73 Å². The summed E-state index contributed by atoms with van der Waals surface area (Å²) in [6, 6.07) is 19.0. The fourth-order valence-electron chi connectivity index (χ4n) is 3.02. The van der Waals surface area contributed by atoms with Crippen molar-refractivity contribution in [3.8, 4) is 17.3 Å². The van der Waals surface area contributed by atoms with Gasteiger partial charge >= 0.3 is 0 Å². The van der Waals surface area contributed by atoms with Crippen LogP contribution in [0, 0.1) is 11.3 Å². The third kappa shape index (κ3) is 3.10. The summed E-state index contributed by atoms with van der Waals surface area (Å²) in [4.78, 5) is 8.98. The Kier molecular flexibility index (Phi) is 4.24. The molecule has 7 heteroatoms. The number of nitrogen functional groups attached to an aromatic ring is 1. The molecule has 0 radical (unpaired) electrons. The van der Waals surface area contributed by atoms with Crippen LogP contribution in [0.3, 0.4) is 0 Å². The van der Waals surface area contributed by atoms with Crippen LogP contribution in [0.5, 0.6) is 0 Å². The van der Waals surface area contributed by atoms with Gasteiger partial charge in [0.2, 0.25) is 5.95 Å². The van der Waals surface area contributed by atoms with Gasteiger partial charge in [0.25, 0.3) is 0 Å². The molecule has 0 fully saturated rings. The quantitative estimate of drug-likeness (QED) is 0.580. The molecule has 132 valence electrons. The number of aliphatic hydroxyl groups is 1. The maximum Gasteiger partial charge on any atom is 0.223 e. The Morgan fingerprint density at radius 1 is 1.07 bits per heavy atom. The highest BCUT2D eigenvalue weighted by atomic mass is 16.3. The summed E-state index contributed by atoms with van der Waals surface area (Å²) in [5.74, 6) is 0.763. The number of aromatic nitrogens is 4. The third-order valence-corrected chi connectivity index (χ3v) is 4.28. The molecule has 0 unspecified atom stereocenters. The SMILES string of the molecule is N#Cc1cccc(-c2nc(N)n3nc(Cc4ccccc4)nc3c2CO)c1. The van der Waals surface area contributed by atoms with Gasteiger partial charge in [-0.25, -0.2) is 9.97 Å². The third-order valence-electron chi connectivity index (χ3n) is 4.28. The van der Waals surface area contributed by atoms with Crippen molar-refractivity contribution < 1.29 is 5.11 Å². The van der Waals surface area contributed by atoms with Gasteiger partial charge in [0, 0.05) is 17.5 Å². The Morgan fingerprint density at radius 3 is 2.63 bits per heavy atom. The highest BCUT2D eigenvalue weighted by Crippen LogP contribution is 2.27. The van der Waals surface area contributed by atoms with E-state index in [0.717, 1.165) is 5.56 Å². The lowest BCUT2D eigenvalue weighted by atomic mass is 10.0. The minimum Gasteiger partial charge on any atom is -0.391 e. The predicted octanol–water partition coefficient (Wildman–Crippen LogP) is 2.33. The van der Waals surface area contributed by atoms with Crippen molar-refractivity contribution in [2.24, 2.45) is 0 Å². The molecule has 7 nitrogen and oxygen atoms in total. The molecular formula is C20H16N6O. The van der Waals surface area contributed by atoms with Crippen molar-refractivity contribution in [1.82, 2.24) is 19.6 Å². The lowest BCUT2D eigenvalue weighted by Crippen LogP contribution is -2.07. The van der Waals surface area contributed by atoms with Crippen molar-refractivity contribution >= 4 is 11.6 Å². The number of aliphatic hydroxyl groups excluding tert-OH is 1. The molecule has 0 aliphatic heterocycles. The standard InChI is InChI=1S/C20H16N6O/c21-11-14-7-4-8-15(9-14)18-16(12-27)19-23-17(25-26(19)20(22)24-18)10-13-5-2-1-3-6-13/h1-9,27H,10,12H2,(H2,22,24). The Hall–Kier alpha value is -3.76. The minimum absolute atomic E-state index is 0.173. The molecular weight excluding hydrogens is 340 g/mol. The molecule has 0 saturated carbocycles. The van der Waals surface area contributed by atoms with Gasteiger partial charge in [-0.3, -0.25) is 0 Å². The van der Waals surface area contributed by atoms with Gasteiger partial charge in [0.15, 0.2) is 11.5 Å². The van der Waals surface area contributed by atoms with Gasteiger partial charge in [0.1, 0.15) is 0 Å². The van der Waals surface area contributed by atoms with E-state index in [1.165, 1.54) is 4.52 Å². The van der Waals surface area contributed by atoms with E-state index in [1.54, 1.807) is 18.2 Å². The van der Waals surface area contributed by atoms with E-state index in [0.29, 0.717) is 40.3 Å². The lowest BCUT2D eigenvalue weighted by Gasteiger charge is -2.09. The van der Waals surface area contributed by atoms with Gasteiger partial charge < -0.3 is 10.8 Å². The number of hydrogen-bond acceptors (Lipinski definition) is 6. The first-order valence-electron chi connectivity index (χ1n) is 8.39. The second kappa shape index (κ2) is 6.86. The van der Waals surface area contributed by atoms with Gasteiger partial charge in [-0.1, -0.05) is 42.5 Å². The Bertz CT molecular complexity index is 1160. The maximum atomic E-state index is 9.97. The molecule has 0 saturated heterocycles. The molecule has 2 heterocycles. The van der Waals surface area contributed by atoms with Gasteiger partial charge in [-0.2, -0.15) is 9.78 Å². The first kappa shape index (κ1) is 16.7. The summed E-state index contributed by atoms with van der Waals surface area (Å²) in [7, 11) is 0. The van der Waals surface area contributed by atoms with Crippen LogP contribution in [-0.2, 0) is 13.0 Å². The predicted molar refractivity (Wildman–Crippen MR) is 101 cm³/mol. The zero-order valence-corrected chi connectivity index (χ0v) is 14.4. The lowest BCUT2D eigenvalue weighted by molar-refractivity contribution is 0.282. The van der Waals surface area contributed by atoms with Crippen molar-refractivity contribution in [1.29, 1.82) is 5.26 Å². The monoisotopic (exact) mass is 356 g/mol. The molecule has 0 aliphatic rings. The van der Waals surface area contributed by atoms with Crippen molar-refractivity contribution in [2.75, 3.05) is 5.73 Å². The number of nitriles is 1. The van der Waals surface area contributed by atoms with E-state index in [4.69, 9.17) is 11.0 Å². The minimum atomic E-state index is -0.271. The van der Waals surface area contributed by atoms with Crippen LogP contribution in [0.25, 0.3) is 16.9 Å². The van der Waals surface area contributed by atoms with E-state index in [2.05, 4.69) is 21.1 Å². The van der Waals surface area contributed by atoms with Gasteiger partial charge in [-0.15, -0.1) is 5.10 Å². The number of nitrogens with two attached hydrogens (primary N) is 1. The van der Waals surface area contributed by atoms with E-state index in [-0.39, 0.29) is 12.6 Å². The Labute approximate surface area is 155 Å². The van der Waals surface area contributed by atoms with Crippen LogP contribution in [0.2, 0.25) is 0 Å². The largest absolute Gasteiger partial charge is 0.391 e. The number of nitrogens with zero attached hydrogens (tertiary/aromatic N) is 5. The smallest absolute Gasteiger partial charge is 0.223 e. The normalized spacial score (nSPS) is 10.8. The van der Waals surface area contributed by atoms with Crippen molar-refractivity contribution in [2.45, 2.75) is 13.0 Å². The number of hydrogen-bond donors (Lipinski definition) is 2. The molecule has 27 heavy (non-hydrogen) atoms. The van der Waals surface area contributed by atoms with E-state index in [9.17, 15) is 5.11 Å². The van der Waals surface area contributed by atoms with Crippen LogP contribution >= 0.6 is 0 Å². The molecule has 4 aromatic rings. The van der Waals surface area contributed by atoms with Gasteiger partial charge in [0.05, 0.1) is 23.9 Å². The fraction of sp³-hybridized carbons (Fsp3) is 0.100. The summed E-state index contributed by atoms with van der Waals surface area (Å²) in [6.45, 7) is -0.271. The van der Waals surface area contributed by atoms with E-state index in [1.807, 2.05) is 36.4 Å². The van der Waals surface area contributed by atoms with Crippen molar-refractivity contribution in [3.63, 3.8) is 0 Å². The second-order valence-corrected chi connectivity index (χ2v) is 6.07. The average molecular weight is 356 g/mol. The summed E-state index contributed by atoms with van der Waals surface area (Å²) in [5.41, 5.74) is 9.86. The summed E-state index contributed by atoms with van der Waals surface area (Å²) in [5, 5.41) is 23.5. The van der Waals surface area contributed by atoms with E-state index >= 15 is 0 Å². The van der Waals surface area contributed by atoms with Crippen LogP contribution in [0.4, 0.5) is 5.95 Å². The van der Waals surface area contributed by atoms with Crippen molar-refractivity contribution in [3.05, 3.63) is 77.1 Å². The molecule has 0 bridgehead atoms. The number of anilines is 1. The van der Waals surface area contributed by atoms with Gasteiger partial charge in [-0.05, 0) is 17.7 Å². The average Bonchev–Trinajstić information content (AvgIpc) is 3.13. The first-order valence-corrected chi connectivity index (χ1v) is 8.39. The fourth-order valence-corrected chi connectivity index (χ4v) is 3.02. The maximum absolute atomic E-state index is 9.97. The topological polar surface area (TPSA) is 113 Å². The molecule has 0 aliphatic carbocycles. The summed E-state index contributed by atoms with van der Waals surface area (Å²) in [6.07, 6.45) is 0.548. The molecule has 0 atom stereocenters. The van der Waals surface area contributed by atoms with Crippen LogP contribution in [-0.4, -0.2) is 24.7 Å². The zero-order valence-electron chi connectivity index (χ0n) is 14.4. The van der Waals surface area contributed by atoms with Crippen LogP contribution in [0.15, 0.2) is 54.6 Å². The number of fused-ring (bicyclic) bond motifs is 1. The molecule has 0 spiro atoms. The number of benzene rings is 2.